The standard InChI is InChI=1S/C19H19N3O/c1-14-8-15(2)10-18(9-14)21-13-17(11-20)19(23)22-12-16-6-4-3-5-7-16/h3-10,13,21H,12H2,1-2H3,(H,22,23)/b17-13-. The van der Waals surface area contributed by atoms with Crippen molar-refractivity contribution in [1.82, 2.24) is 5.32 Å². The van der Waals surface area contributed by atoms with Gasteiger partial charge in [0, 0.05) is 18.4 Å². The predicted octanol–water partition coefficient (Wildman–Crippen LogP) is 3.44. The summed E-state index contributed by atoms with van der Waals surface area (Å²) in [4.78, 5) is 12.1. The number of aryl methyl sites for hydroxylation is 2. The number of hydrogen-bond acceptors (Lipinski definition) is 3. The van der Waals surface area contributed by atoms with Crippen LogP contribution < -0.4 is 10.6 Å². The van der Waals surface area contributed by atoms with E-state index in [0.717, 1.165) is 22.4 Å². The van der Waals surface area contributed by atoms with Gasteiger partial charge < -0.3 is 10.6 Å². The van der Waals surface area contributed by atoms with Crippen molar-refractivity contribution in [2.75, 3.05) is 5.32 Å². The van der Waals surface area contributed by atoms with Crippen LogP contribution in [0.5, 0.6) is 0 Å². The van der Waals surface area contributed by atoms with Gasteiger partial charge in [-0.2, -0.15) is 5.26 Å². The lowest BCUT2D eigenvalue weighted by Crippen LogP contribution is -2.24. The molecular formula is C19H19N3O. The first-order chi connectivity index (χ1) is 11.1. The van der Waals surface area contributed by atoms with Crippen LogP contribution in [0.25, 0.3) is 0 Å². The second-order valence-electron chi connectivity index (χ2n) is 5.36. The average Bonchev–Trinajstić information content (AvgIpc) is 2.53. The highest BCUT2D eigenvalue weighted by Crippen LogP contribution is 2.14. The molecule has 0 spiro atoms. The fourth-order valence-electron chi connectivity index (χ4n) is 2.24. The number of anilines is 1. The zero-order valence-electron chi connectivity index (χ0n) is 13.3. The molecule has 2 N–H and O–H groups in total. The van der Waals surface area contributed by atoms with Crippen molar-refractivity contribution in [1.29, 1.82) is 5.26 Å². The summed E-state index contributed by atoms with van der Waals surface area (Å²) in [6.07, 6.45) is 1.44. The van der Waals surface area contributed by atoms with Gasteiger partial charge in [-0.25, -0.2) is 0 Å². The molecule has 2 aromatic carbocycles. The van der Waals surface area contributed by atoms with Gasteiger partial charge in [0.25, 0.3) is 5.91 Å². The van der Waals surface area contributed by atoms with E-state index in [9.17, 15) is 4.79 Å². The molecule has 1 amide bonds. The van der Waals surface area contributed by atoms with Crippen LogP contribution in [0.3, 0.4) is 0 Å². The summed E-state index contributed by atoms with van der Waals surface area (Å²) in [5.74, 6) is -0.395. The van der Waals surface area contributed by atoms with Crippen LogP contribution in [0.15, 0.2) is 60.3 Å². The first kappa shape index (κ1) is 16.3. The fraction of sp³-hybridized carbons (Fsp3) is 0.158. The highest BCUT2D eigenvalue weighted by atomic mass is 16.1. The van der Waals surface area contributed by atoms with Crippen LogP contribution in [0.2, 0.25) is 0 Å². The average molecular weight is 305 g/mol. The minimum absolute atomic E-state index is 0.0418. The molecule has 23 heavy (non-hydrogen) atoms. The molecule has 0 unspecified atom stereocenters. The maximum Gasteiger partial charge on any atom is 0.263 e. The highest BCUT2D eigenvalue weighted by Gasteiger charge is 2.08. The van der Waals surface area contributed by atoms with Crippen molar-refractivity contribution in [2.24, 2.45) is 0 Å². The zero-order valence-corrected chi connectivity index (χ0v) is 13.3. The normalized spacial score (nSPS) is 10.7. The second kappa shape index (κ2) is 7.81. The smallest absolute Gasteiger partial charge is 0.263 e. The van der Waals surface area contributed by atoms with Crippen molar-refractivity contribution in [3.63, 3.8) is 0 Å². The van der Waals surface area contributed by atoms with Crippen molar-refractivity contribution in [3.05, 3.63) is 77.0 Å². The van der Waals surface area contributed by atoms with Crippen molar-refractivity contribution >= 4 is 11.6 Å². The highest BCUT2D eigenvalue weighted by molar-refractivity contribution is 5.97. The largest absolute Gasteiger partial charge is 0.360 e. The quantitative estimate of drug-likeness (QED) is 0.657. The van der Waals surface area contributed by atoms with Gasteiger partial charge in [-0.1, -0.05) is 36.4 Å². The van der Waals surface area contributed by atoms with E-state index in [1.165, 1.54) is 6.20 Å². The number of rotatable bonds is 5. The molecule has 0 aromatic heterocycles. The Morgan fingerprint density at radius 3 is 2.39 bits per heavy atom. The van der Waals surface area contributed by atoms with Gasteiger partial charge in [0.05, 0.1) is 0 Å². The van der Waals surface area contributed by atoms with Gasteiger partial charge in [0.2, 0.25) is 0 Å². The van der Waals surface area contributed by atoms with E-state index in [-0.39, 0.29) is 5.57 Å². The molecule has 2 aromatic rings. The molecule has 0 heterocycles. The van der Waals surface area contributed by atoms with Gasteiger partial charge in [0.15, 0.2) is 0 Å². The Labute approximate surface area is 136 Å². The SMILES string of the molecule is Cc1cc(C)cc(N/C=C(/C#N)C(=O)NCc2ccccc2)c1. The predicted molar refractivity (Wildman–Crippen MR) is 91.5 cm³/mol. The number of carbonyl (C=O) groups excluding carboxylic acids is 1. The van der Waals surface area contributed by atoms with Gasteiger partial charge >= 0.3 is 0 Å². The van der Waals surface area contributed by atoms with Gasteiger partial charge in [-0.05, 0) is 42.7 Å². The molecule has 0 aliphatic heterocycles. The van der Waals surface area contributed by atoms with Crippen molar-refractivity contribution < 1.29 is 4.79 Å². The lowest BCUT2D eigenvalue weighted by atomic mass is 10.1. The minimum atomic E-state index is -0.395. The number of benzene rings is 2. The molecule has 0 aliphatic rings. The van der Waals surface area contributed by atoms with E-state index >= 15 is 0 Å². The fourth-order valence-corrected chi connectivity index (χ4v) is 2.24. The topological polar surface area (TPSA) is 64.9 Å². The summed E-state index contributed by atoms with van der Waals surface area (Å²) < 4.78 is 0. The van der Waals surface area contributed by atoms with Crippen LogP contribution in [0.4, 0.5) is 5.69 Å². The molecule has 2 rings (SSSR count). The van der Waals surface area contributed by atoms with Crippen LogP contribution >= 0.6 is 0 Å². The zero-order chi connectivity index (χ0) is 16.7. The van der Waals surface area contributed by atoms with Gasteiger partial charge in [-0.15, -0.1) is 0 Å². The maximum atomic E-state index is 12.1. The van der Waals surface area contributed by atoms with E-state index < -0.39 is 5.91 Å². The molecule has 0 aliphatic carbocycles. The van der Waals surface area contributed by atoms with Crippen LogP contribution in [0.1, 0.15) is 16.7 Å². The first-order valence-corrected chi connectivity index (χ1v) is 7.35. The van der Waals surface area contributed by atoms with Crippen LogP contribution in [-0.2, 0) is 11.3 Å². The molecule has 4 nitrogen and oxygen atoms in total. The Kier molecular flexibility index (Phi) is 5.54. The summed E-state index contributed by atoms with van der Waals surface area (Å²) in [5, 5.41) is 14.9. The molecule has 0 saturated carbocycles. The molecule has 0 saturated heterocycles. The van der Waals surface area contributed by atoms with E-state index in [1.807, 2.05) is 62.4 Å². The molecule has 0 bridgehead atoms. The van der Waals surface area contributed by atoms with E-state index in [4.69, 9.17) is 5.26 Å². The van der Waals surface area contributed by atoms with Crippen LogP contribution in [-0.4, -0.2) is 5.91 Å². The number of nitrogens with one attached hydrogen (secondary N) is 2. The summed E-state index contributed by atoms with van der Waals surface area (Å²) >= 11 is 0. The first-order valence-electron chi connectivity index (χ1n) is 7.35. The second-order valence-corrected chi connectivity index (χ2v) is 5.36. The van der Waals surface area contributed by atoms with E-state index in [2.05, 4.69) is 16.7 Å². The third-order valence-electron chi connectivity index (χ3n) is 3.27. The Balaban J connectivity index is 2.00. The van der Waals surface area contributed by atoms with E-state index in [1.54, 1.807) is 0 Å². The van der Waals surface area contributed by atoms with Crippen molar-refractivity contribution in [2.45, 2.75) is 20.4 Å². The summed E-state index contributed by atoms with van der Waals surface area (Å²) in [7, 11) is 0. The van der Waals surface area contributed by atoms with Crippen molar-refractivity contribution in [3.8, 4) is 6.07 Å². The summed E-state index contributed by atoms with van der Waals surface area (Å²) in [6, 6.07) is 17.5. The molecular weight excluding hydrogens is 286 g/mol. The van der Waals surface area contributed by atoms with Gasteiger partial charge in [0.1, 0.15) is 11.6 Å². The monoisotopic (exact) mass is 305 g/mol. The van der Waals surface area contributed by atoms with E-state index in [0.29, 0.717) is 6.54 Å². The lowest BCUT2D eigenvalue weighted by molar-refractivity contribution is -0.117. The molecule has 0 radical (unpaired) electrons. The lowest BCUT2D eigenvalue weighted by Gasteiger charge is -2.07. The number of nitriles is 1. The number of nitrogens with zero attached hydrogens (tertiary/aromatic N) is 1. The number of amides is 1. The van der Waals surface area contributed by atoms with Gasteiger partial charge in [-0.3, -0.25) is 4.79 Å². The minimum Gasteiger partial charge on any atom is -0.360 e. The third-order valence-corrected chi connectivity index (χ3v) is 3.27. The molecule has 0 atom stereocenters. The Hall–Kier alpha value is -3.06. The number of hydrogen-bond donors (Lipinski definition) is 2. The molecule has 0 fully saturated rings. The molecule has 116 valence electrons. The van der Waals surface area contributed by atoms with Crippen LogP contribution in [0, 0.1) is 25.2 Å². The third kappa shape index (κ3) is 5.01. The Morgan fingerprint density at radius 2 is 1.78 bits per heavy atom. The molecule has 4 heteroatoms. The summed E-state index contributed by atoms with van der Waals surface area (Å²) in [5.41, 5.74) is 4.12. The Bertz CT molecular complexity index is 738. The maximum absolute atomic E-state index is 12.1. The Morgan fingerprint density at radius 1 is 1.13 bits per heavy atom. The summed E-state index contributed by atoms with van der Waals surface area (Å²) in [6.45, 7) is 4.39. The number of carbonyl (C=O) groups is 1.